The molecular formula is C13H26N2O. The van der Waals surface area contributed by atoms with Crippen molar-refractivity contribution in [3.8, 4) is 0 Å². The topological polar surface area (TPSA) is 58.3 Å². The fourth-order valence-corrected chi connectivity index (χ4v) is 3.33. The molecule has 3 heteroatoms. The van der Waals surface area contributed by atoms with Gasteiger partial charge < -0.3 is 16.2 Å². The summed E-state index contributed by atoms with van der Waals surface area (Å²) in [6.07, 6.45) is 7.12. The van der Waals surface area contributed by atoms with Gasteiger partial charge >= 0.3 is 0 Å². The summed E-state index contributed by atoms with van der Waals surface area (Å²) in [5.41, 5.74) is 5.54. The Morgan fingerprint density at radius 1 is 1.12 bits per heavy atom. The zero-order chi connectivity index (χ0) is 11.6. The Morgan fingerprint density at radius 2 is 1.81 bits per heavy atom. The van der Waals surface area contributed by atoms with Gasteiger partial charge in [-0.05, 0) is 51.1 Å². The summed E-state index contributed by atoms with van der Waals surface area (Å²) in [7, 11) is 0. The third kappa shape index (κ3) is 2.27. The van der Waals surface area contributed by atoms with E-state index in [0.717, 1.165) is 57.5 Å². The van der Waals surface area contributed by atoms with Gasteiger partial charge in [0, 0.05) is 5.54 Å². The zero-order valence-corrected chi connectivity index (χ0v) is 10.5. The van der Waals surface area contributed by atoms with E-state index in [4.69, 9.17) is 5.73 Å². The van der Waals surface area contributed by atoms with Crippen LogP contribution in [0.25, 0.3) is 0 Å². The first kappa shape index (κ1) is 12.3. The van der Waals surface area contributed by atoms with Crippen LogP contribution in [0.2, 0.25) is 0 Å². The fraction of sp³-hybridized carbons (Fsp3) is 1.00. The van der Waals surface area contributed by atoms with Gasteiger partial charge in [0.25, 0.3) is 0 Å². The van der Waals surface area contributed by atoms with Crippen LogP contribution in [0.4, 0.5) is 0 Å². The monoisotopic (exact) mass is 226 g/mol. The van der Waals surface area contributed by atoms with Crippen LogP contribution >= 0.6 is 0 Å². The van der Waals surface area contributed by atoms with Gasteiger partial charge in [0.15, 0.2) is 0 Å². The minimum atomic E-state index is -0.611. The number of piperidine rings is 1. The molecule has 3 nitrogen and oxygen atoms in total. The maximum atomic E-state index is 10.9. The first-order valence-electron chi connectivity index (χ1n) is 6.78. The largest absolute Gasteiger partial charge is 0.388 e. The number of rotatable bonds is 1. The summed E-state index contributed by atoms with van der Waals surface area (Å²) in [6.45, 7) is 4.19. The molecule has 1 heterocycles. The summed E-state index contributed by atoms with van der Waals surface area (Å²) >= 11 is 0. The lowest BCUT2D eigenvalue weighted by molar-refractivity contribution is -0.0610. The third-order valence-electron chi connectivity index (χ3n) is 4.76. The van der Waals surface area contributed by atoms with E-state index in [2.05, 4.69) is 12.2 Å². The molecule has 0 bridgehead atoms. The molecule has 1 aliphatic carbocycles. The highest BCUT2D eigenvalue weighted by molar-refractivity contribution is 5.06. The fourth-order valence-electron chi connectivity index (χ4n) is 3.33. The Hall–Kier alpha value is -0.120. The standard InChI is InChI=1S/C13H26N2O/c1-11-3-2-5-13(16,6-4-11)12(14)7-9-15-10-8-12/h11,15-16H,2-10,14H2,1H3. The van der Waals surface area contributed by atoms with Gasteiger partial charge in [-0.25, -0.2) is 0 Å². The van der Waals surface area contributed by atoms with Crippen molar-refractivity contribution in [3.05, 3.63) is 0 Å². The second-order valence-corrected chi connectivity index (χ2v) is 5.97. The molecule has 0 aromatic carbocycles. The molecule has 2 aliphatic rings. The van der Waals surface area contributed by atoms with Gasteiger partial charge in [0.2, 0.25) is 0 Å². The summed E-state index contributed by atoms with van der Waals surface area (Å²) in [5, 5.41) is 14.2. The van der Waals surface area contributed by atoms with E-state index in [1.54, 1.807) is 0 Å². The first-order valence-corrected chi connectivity index (χ1v) is 6.78. The van der Waals surface area contributed by atoms with Crippen LogP contribution in [-0.4, -0.2) is 29.3 Å². The highest BCUT2D eigenvalue weighted by atomic mass is 16.3. The highest BCUT2D eigenvalue weighted by Gasteiger charge is 2.47. The number of hydrogen-bond donors (Lipinski definition) is 3. The third-order valence-corrected chi connectivity index (χ3v) is 4.76. The van der Waals surface area contributed by atoms with Crippen molar-refractivity contribution >= 4 is 0 Å². The molecule has 1 saturated carbocycles. The number of nitrogens with two attached hydrogens (primary N) is 1. The molecule has 2 unspecified atom stereocenters. The molecule has 0 aromatic rings. The molecule has 94 valence electrons. The van der Waals surface area contributed by atoms with E-state index in [0.29, 0.717) is 0 Å². The van der Waals surface area contributed by atoms with Gasteiger partial charge in [0.05, 0.1) is 5.60 Å². The summed E-state index contributed by atoms with van der Waals surface area (Å²) in [4.78, 5) is 0. The maximum absolute atomic E-state index is 10.9. The number of nitrogens with one attached hydrogen (secondary N) is 1. The van der Waals surface area contributed by atoms with Crippen LogP contribution in [0.5, 0.6) is 0 Å². The predicted molar refractivity (Wildman–Crippen MR) is 66.2 cm³/mol. The van der Waals surface area contributed by atoms with Crippen molar-refractivity contribution in [2.45, 2.75) is 63.0 Å². The Kier molecular flexibility index (Phi) is 3.57. The number of hydrogen-bond acceptors (Lipinski definition) is 3. The maximum Gasteiger partial charge on any atom is 0.0827 e. The van der Waals surface area contributed by atoms with E-state index in [1.165, 1.54) is 6.42 Å². The molecule has 1 aliphatic heterocycles. The first-order chi connectivity index (χ1) is 7.56. The van der Waals surface area contributed by atoms with Crippen LogP contribution in [0.3, 0.4) is 0 Å². The minimum absolute atomic E-state index is 0.345. The van der Waals surface area contributed by atoms with Gasteiger partial charge in [0.1, 0.15) is 0 Å². The summed E-state index contributed by atoms with van der Waals surface area (Å²) in [5.74, 6) is 0.749. The van der Waals surface area contributed by atoms with Gasteiger partial charge in [-0.3, -0.25) is 0 Å². The normalized spacial score (nSPS) is 40.3. The van der Waals surface area contributed by atoms with Crippen molar-refractivity contribution in [3.63, 3.8) is 0 Å². The molecule has 2 atom stereocenters. The Morgan fingerprint density at radius 3 is 2.50 bits per heavy atom. The average Bonchev–Trinajstić information content (AvgIpc) is 2.43. The molecule has 0 amide bonds. The molecule has 16 heavy (non-hydrogen) atoms. The van der Waals surface area contributed by atoms with E-state index < -0.39 is 5.60 Å². The quantitative estimate of drug-likeness (QED) is 0.592. The average molecular weight is 226 g/mol. The van der Waals surface area contributed by atoms with E-state index >= 15 is 0 Å². The molecule has 4 N–H and O–H groups in total. The lowest BCUT2D eigenvalue weighted by Crippen LogP contribution is -2.64. The van der Waals surface area contributed by atoms with Crippen LogP contribution in [0.1, 0.15) is 51.9 Å². The minimum Gasteiger partial charge on any atom is -0.388 e. The second-order valence-electron chi connectivity index (χ2n) is 5.97. The van der Waals surface area contributed by atoms with E-state index in [1.807, 2.05) is 0 Å². The lowest BCUT2D eigenvalue weighted by atomic mass is 9.70. The van der Waals surface area contributed by atoms with E-state index in [9.17, 15) is 5.11 Å². The Balaban J connectivity index is 2.09. The molecular weight excluding hydrogens is 200 g/mol. The molecule has 0 aromatic heterocycles. The van der Waals surface area contributed by atoms with Crippen LogP contribution < -0.4 is 11.1 Å². The highest BCUT2D eigenvalue weighted by Crippen LogP contribution is 2.40. The Bertz CT molecular complexity index is 238. The number of aliphatic hydroxyl groups is 1. The summed E-state index contributed by atoms with van der Waals surface area (Å²) < 4.78 is 0. The van der Waals surface area contributed by atoms with Crippen molar-refractivity contribution in [2.75, 3.05) is 13.1 Å². The SMILES string of the molecule is CC1CCCC(O)(C2(N)CCNCC2)CC1. The van der Waals surface area contributed by atoms with Crippen LogP contribution in [-0.2, 0) is 0 Å². The van der Waals surface area contributed by atoms with Crippen molar-refractivity contribution in [1.29, 1.82) is 0 Å². The van der Waals surface area contributed by atoms with Gasteiger partial charge in [-0.15, -0.1) is 0 Å². The van der Waals surface area contributed by atoms with Crippen molar-refractivity contribution in [2.24, 2.45) is 11.7 Å². The lowest BCUT2D eigenvalue weighted by Gasteiger charge is -2.47. The Labute approximate surface area is 98.8 Å². The zero-order valence-electron chi connectivity index (χ0n) is 10.5. The molecule has 0 radical (unpaired) electrons. The van der Waals surface area contributed by atoms with Crippen molar-refractivity contribution in [1.82, 2.24) is 5.32 Å². The van der Waals surface area contributed by atoms with Crippen LogP contribution in [0, 0.1) is 5.92 Å². The van der Waals surface area contributed by atoms with Gasteiger partial charge in [-0.1, -0.05) is 19.8 Å². The predicted octanol–water partition coefficient (Wildman–Crippen LogP) is 1.40. The molecule has 2 rings (SSSR count). The van der Waals surface area contributed by atoms with Crippen LogP contribution in [0.15, 0.2) is 0 Å². The molecule has 1 saturated heterocycles. The van der Waals surface area contributed by atoms with Crippen molar-refractivity contribution < 1.29 is 5.11 Å². The molecule has 2 fully saturated rings. The van der Waals surface area contributed by atoms with Gasteiger partial charge in [-0.2, -0.15) is 0 Å². The molecule has 0 spiro atoms. The summed E-state index contributed by atoms with van der Waals surface area (Å²) in [6, 6.07) is 0. The smallest absolute Gasteiger partial charge is 0.0827 e. The second kappa shape index (κ2) is 4.63. The van der Waals surface area contributed by atoms with E-state index in [-0.39, 0.29) is 5.54 Å².